The Balaban J connectivity index is 2.09. The summed E-state index contributed by atoms with van der Waals surface area (Å²) in [6, 6.07) is 1.61. The first-order chi connectivity index (χ1) is 7.15. The van der Waals surface area contributed by atoms with Crippen LogP contribution in [0.1, 0.15) is 24.6 Å². The van der Waals surface area contributed by atoms with Gasteiger partial charge in [-0.25, -0.2) is 18.7 Å². The lowest BCUT2D eigenvalue weighted by atomic mass is 10.4. The molecule has 1 heterocycles. The Morgan fingerprint density at radius 3 is 2.80 bits per heavy atom. The van der Waals surface area contributed by atoms with Crippen molar-refractivity contribution in [2.24, 2.45) is 0 Å². The summed E-state index contributed by atoms with van der Waals surface area (Å²) in [6.07, 6.45) is -0.196. The van der Waals surface area contributed by atoms with Crippen LogP contribution in [0.5, 0.6) is 0 Å². The van der Waals surface area contributed by atoms with E-state index in [1.807, 2.05) is 0 Å². The van der Waals surface area contributed by atoms with Gasteiger partial charge in [0.05, 0.1) is 6.54 Å². The maximum absolute atomic E-state index is 12.0. The molecule has 0 bridgehead atoms. The van der Waals surface area contributed by atoms with Gasteiger partial charge in [0, 0.05) is 12.0 Å². The third-order valence-electron chi connectivity index (χ3n) is 2.09. The first kappa shape index (κ1) is 10.7. The summed E-state index contributed by atoms with van der Waals surface area (Å²) in [5.41, 5.74) is 0. The van der Waals surface area contributed by atoms with Crippen molar-refractivity contribution in [3.8, 4) is 0 Å². The van der Waals surface area contributed by atoms with Gasteiger partial charge in [0.2, 0.25) is 0 Å². The van der Waals surface area contributed by atoms with E-state index in [4.69, 9.17) is 0 Å². The minimum atomic E-state index is -2.37. The Labute approximate surface area is 94.4 Å². The SMILES string of the molecule is FC(F)CNc1cc(Br)nc(C2CC2)n1. The molecule has 1 aliphatic carbocycles. The molecule has 1 aromatic rings. The lowest BCUT2D eigenvalue weighted by Crippen LogP contribution is -2.12. The molecule has 1 saturated carbocycles. The molecule has 82 valence electrons. The average Bonchev–Trinajstić information content (AvgIpc) is 2.97. The molecule has 1 aliphatic rings. The van der Waals surface area contributed by atoms with E-state index in [2.05, 4.69) is 31.2 Å². The molecule has 0 radical (unpaired) electrons. The summed E-state index contributed by atoms with van der Waals surface area (Å²) in [7, 11) is 0. The molecule has 1 aromatic heterocycles. The fourth-order valence-corrected chi connectivity index (χ4v) is 1.63. The fraction of sp³-hybridized carbons (Fsp3) is 0.556. The molecule has 1 N–H and O–H groups in total. The van der Waals surface area contributed by atoms with Crippen LogP contribution in [0.2, 0.25) is 0 Å². The second kappa shape index (κ2) is 4.38. The number of anilines is 1. The predicted octanol–water partition coefficient (Wildman–Crippen LogP) is 2.79. The lowest BCUT2D eigenvalue weighted by molar-refractivity contribution is 0.163. The zero-order valence-electron chi connectivity index (χ0n) is 7.88. The fourth-order valence-electron chi connectivity index (χ4n) is 1.23. The van der Waals surface area contributed by atoms with Crippen LogP contribution in [0.4, 0.5) is 14.6 Å². The Morgan fingerprint density at radius 1 is 1.47 bits per heavy atom. The van der Waals surface area contributed by atoms with Gasteiger partial charge in [0.15, 0.2) is 0 Å². The molecule has 6 heteroatoms. The van der Waals surface area contributed by atoms with Crippen molar-refractivity contribution in [1.29, 1.82) is 0 Å². The summed E-state index contributed by atoms with van der Waals surface area (Å²) in [6.45, 7) is -0.381. The number of halogens is 3. The molecule has 0 atom stereocenters. The number of hydrogen-bond donors (Lipinski definition) is 1. The Bertz CT molecular complexity index is 355. The minimum absolute atomic E-state index is 0.381. The van der Waals surface area contributed by atoms with E-state index >= 15 is 0 Å². The molecule has 1 fully saturated rings. The highest BCUT2D eigenvalue weighted by Gasteiger charge is 2.27. The first-order valence-corrected chi connectivity index (χ1v) is 5.51. The van der Waals surface area contributed by atoms with Crippen LogP contribution in [-0.4, -0.2) is 22.9 Å². The molecule has 0 aromatic carbocycles. The zero-order valence-corrected chi connectivity index (χ0v) is 9.47. The molecule has 0 spiro atoms. The van der Waals surface area contributed by atoms with Gasteiger partial charge in [0.1, 0.15) is 16.2 Å². The number of aromatic nitrogens is 2. The van der Waals surface area contributed by atoms with E-state index in [1.54, 1.807) is 6.07 Å². The predicted molar refractivity (Wildman–Crippen MR) is 56.2 cm³/mol. The van der Waals surface area contributed by atoms with Gasteiger partial charge in [-0.05, 0) is 28.8 Å². The van der Waals surface area contributed by atoms with E-state index in [1.165, 1.54) is 0 Å². The number of nitrogens with one attached hydrogen (secondary N) is 1. The van der Waals surface area contributed by atoms with Gasteiger partial charge in [-0.2, -0.15) is 0 Å². The minimum Gasteiger partial charge on any atom is -0.364 e. The van der Waals surface area contributed by atoms with E-state index in [0.717, 1.165) is 18.7 Å². The van der Waals surface area contributed by atoms with Crippen LogP contribution in [0.15, 0.2) is 10.7 Å². The van der Waals surface area contributed by atoms with Gasteiger partial charge in [0.25, 0.3) is 6.43 Å². The van der Waals surface area contributed by atoms with Crippen LogP contribution < -0.4 is 5.32 Å². The summed E-state index contributed by atoms with van der Waals surface area (Å²) in [5, 5.41) is 2.58. The summed E-state index contributed by atoms with van der Waals surface area (Å²) in [5.74, 6) is 1.61. The van der Waals surface area contributed by atoms with Crippen molar-refractivity contribution >= 4 is 21.7 Å². The second-order valence-electron chi connectivity index (χ2n) is 3.48. The monoisotopic (exact) mass is 277 g/mol. The number of hydrogen-bond acceptors (Lipinski definition) is 3. The Kier molecular flexibility index (Phi) is 3.14. The van der Waals surface area contributed by atoms with Gasteiger partial charge >= 0.3 is 0 Å². The van der Waals surface area contributed by atoms with Crippen LogP contribution >= 0.6 is 15.9 Å². The molecule has 2 rings (SSSR count). The van der Waals surface area contributed by atoms with Gasteiger partial charge < -0.3 is 5.32 Å². The average molecular weight is 278 g/mol. The van der Waals surface area contributed by atoms with Gasteiger partial charge in [-0.15, -0.1) is 0 Å². The smallest absolute Gasteiger partial charge is 0.255 e. The Morgan fingerprint density at radius 2 is 2.20 bits per heavy atom. The summed E-state index contributed by atoms with van der Waals surface area (Å²) in [4.78, 5) is 8.38. The topological polar surface area (TPSA) is 37.8 Å². The molecule has 0 amide bonds. The number of rotatable bonds is 4. The first-order valence-electron chi connectivity index (χ1n) is 4.71. The van der Waals surface area contributed by atoms with E-state index in [-0.39, 0.29) is 6.54 Å². The third-order valence-corrected chi connectivity index (χ3v) is 2.50. The van der Waals surface area contributed by atoms with Crippen molar-refractivity contribution in [3.63, 3.8) is 0 Å². The maximum atomic E-state index is 12.0. The third kappa shape index (κ3) is 3.09. The number of nitrogens with zero attached hydrogens (tertiary/aromatic N) is 2. The van der Waals surface area contributed by atoms with E-state index < -0.39 is 6.43 Å². The Hall–Kier alpha value is -0.780. The van der Waals surface area contributed by atoms with E-state index in [9.17, 15) is 8.78 Å². The van der Waals surface area contributed by atoms with Crippen molar-refractivity contribution in [2.75, 3.05) is 11.9 Å². The highest BCUT2D eigenvalue weighted by atomic mass is 79.9. The molecule has 0 aliphatic heterocycles. The summed E-state index contributed by atoms with van der Waals surface area (Å²) >= 11 is 3.24. The van der Waals surface area contributed by atoms with Crippen molar-refractivity contribution < 1.29 is 8.78 Å². The van der Waals surface area contributed by atoms with E-state index in [0.29, 0.717) is 16.3 Å². The van der Waals surface area contributed by atoms with Crippen LogP contribution in [0.25, 0.3) is 0 Å². The lowest BCUT2D eigenvalue weighted by Gasteiger charge is -2.06. The molecular formula is C9H10BrF2N3. The van der Waals surface area contributed by atoms with Crippen molar-refractivity contribution in [3.05, 3.63) is 16.5 Å². The molecule has 0 saturated heterocycles. The molecular weight excluding hydrogens is 268 g/mol. The van der Waals surface area contributed by atoms with Gasteiger partial charge in [-0.1, -0.05) is 0 Å². The standard InChI is InChI=1S/C9H10BrF2N3/c10-6-3-8(13-4-7(11)12)15-9(14-6)5-1-2-5/h3,5,7H,1-2,4H2,(H,13,14,15). The summed E-state index contributed by atoms with van der Waals surface area (Å²) < 4.78 is 24.6. The van der Waals surface area contributed by atoms with Crippen molar-refractivity contribution in [1.82, 2.24) is 9.97 Å². The van der Waals surface area contributed by atoms with Crippen LogP contribution in [-0.2, 0) is 0 Å². The number of alkyl halides is 2. The normalized spacial score (nSPS) is 15.7. The van der Waals surface area contributed by atoms with Gasteiger partial charge in [-0.3, -0.25) is 0 Å². The molecule has 3 nitrogen and oxygen atoms in total. The van der Waals surface area contributed by atoms with Crippen LogP contribution in [0.3, 0.4) is 0 Å². The van der Waals surface area contributed by atoms with Crippen molar-refractivity contribution in [2.45, 2.75) is 25.2 Å². The molecule has 15 heavy (non-hydrogen) atoms. The second-order valence-corrected chi connectivity index (χ2v) is 4.29. The quantitative estimate of drug-likeness (QED) is 0.860. The zero-order chi connectivity index (χ0) is 10.8. The maximum Gasteiger partial charge on any atom is 0.255 e. The van der Waals surface area contributed by atoms with Crippen LogP contribution in [0, 0.1) is 0 Å². The molecule has 0 unspecified atom stereocenters. The highest BCUT2D eigenvalue weighted by molar-refractivity contribution is 9.10. The highest BCUT2D eigenvalue weighted by Crippen LogP contribution is 2.38. The largest absolute Gasteiger partial charge is 0.364 e.